The number of benzene rings is 3. The smallest absolute Gasteiger partial charge is 0.329 e. The molecule has 1 heterocycles. The van der Waals surface area contributed by atoms with Crippen LogP contribution in [0, 0.1) is 18.6 Å². The molecule has 0 spiro atoms. The number of sulfonamides is 1. The molecule has 2 amide bonds. The maximum atomic E-state index is 14.1. The van der Waals surface area contributed by atoms with Crippen molar-refractivity contribution in [3.05, 3.63) is 137 Å². The normalized spacial score (nSPS) is 13.5. The van der Waals surface area contributed by atoms with Crippen molar-refractivity contribution in [3.8, 4) is 11.1 Å². The van der Waals surface area contributed by atoms with Gasteiger partial charge in [-0.15, -0.1) is 0 Å². The lowest BCUT2D eigenvalue weighted by Crippen LogP contribution is -2.42. The number of hydrogen-bond acceptors (Lipinski definition) is 4. The standard InChI is InChI=1S/C32H27F2N3O3S/c1-21-7-2-5-11-30(21)41(39,40)37-32(38)36-29(19-22-17-26(33)20-27(34)18-22)31-28(10-6-16-35-31)25-14-12-24(13-15-25)23-8-3-4-9-23/h2-8,10-18,20,29H,9,19H2,1H3,(H2,36,37,38)/t29-/m0/s1. The first kappa shape index (κ1) is 27.9. The summed E-state index contributed by atoms with van der Waals surface area (Å²) < 4.78 is 56.1. The number of allylic oxidation sites excluding steroid dienone is 4. The Morgan fingerprint density at radius 1 is 0.951 bits per heavy atom. The van der Waals surface area contributed by atoms with Gasteiger partial charge in [0.05, 0.1) is 16.6 Å². The van der Waals surface area contributed by atoms with Gasteiger partial charge in [0.25, 0.3) is 10.0 Å². The number of carbonyl (C=O) groups is 1. The van der Waals surface area contributed by atoms with E-state index in [9.17, 15) is 22.0 Å². The molecule has 5 rings (SSSR count). The zero-order chi connectivity index (χ0) is 29.0. The number of halogens is 2. The molecule has 0 saturated heterocycles. The Kier molecular flexibility index (Phi) is 8.07. The van der Waals surface area contributed by atoms with Crippen LogP contribution in [0.5, 0.6) is 0 Å². The van der Waals surface area contributed by atoms with E-state index in [1.54, 1.807) is 37.4 Å². The molecule has 1 aromatic heterocycles. The second-order valence-corrected chi connectivity index (χ2v) is 11.4. The molecule has 6 nitrogen and oxygen atoms in total. The van der Waals surface area contributed by atoms with Crippen LogP contribution in [0.15, 0.2) is 108 Å². The highest BCUT2D eigenvalue weighted by molar-refractivity contribution is 7.90. The molecule has 0 fully saturated rings. The van der Waals surface area contributed by atoms with E-state index in [0.29, 0.717) is 16.8 Å². The van der Waals surface area contributed by atoms with Crippen molar-refractivity contribution >= 4 is 21.6 Å². The first-order valence-corrected chi connectivity index (χ1v) is 14.4. The number of carbonyl (C=O) groups excluding carboxylic acids is 1. The van der Waals surface area contributed by atoms with Crippen molar-refractivity contribution in [2.75, 3.05) is 0 Å². The fourth-order valence-corrected chi connectivity index (χ4v) is 6.03. The zero-order valence-corrected chi connectivity index (χ0v) is 23.0. The van der Waals surface area contributed by atoms with Gasteiger partial charge in [0.15, 0.2) is 0 Å². The second kappa shape index (κ2) is 11.9. The Balaban J connectivity index is 1.48. The summed E-state index contributed by atoms with van der Waals surface area (Å²) in [4.78, 5) is 17.6. The van der Waals surface area contributed by atoms with E-state index in [1.165, 1.54) is 23.8 Å². The van der Waals surface area contributed by atoms with Crippen molar-refractivity contribution in [1.29, 1.82) is 0 Å². The first-order valence-electron chi connectivity index (χ1n) is 12.9. The molecule has 1 aliphatic rings. The molecule has 0 saturated carbocycles. The minimum atomic E-state index is -4.19. The number of nitrogens with one attached hydrogen (secondary N) is 2. The maximum absolute atomic E-state index is 14.1. The molecular weight excluding hydrogens is 544 g/mol. The van der Waals surface area contributed by atoms with Gasteiger partial charge in [0, 0.05) is 17.8 Å². The van der Waals surface area contributed by atoms with Crippen LogP contribution >= 0.6 is 0 Å². The van der Waals surface area contributed by atoms with Crippen molar-refractivity contribution in [1.82, 2.24) is 15.0 Å². The average molecular weight is 572 g/mol. The van der Waals surface area contributed by atoms with E-state index >= 15 is 0 Å². The predicted molar refractivity (Wildman–Crippen MR) is 154 cm³/mol. The average Bonchev–Trinajstić information content (AvgIpc) is 3.47. The summed E-state index contributed by atoms with van der Waals surface area (Å²) in [5.74, 6) is -1.53. The summed E-state index contributed by atoms with van der Waals surface area (Å²) in [6, 6.07) is 18.9. The number of pyridine rings is 1. The summed E-state index contributed by atoms with van der Waals surface area (Å²) in [7, 11) is -4.19. The molecule has 2 N–H and O–H groups in total. The summed E-state index contributed by atoms with van der Waals surface area (Å²) in [6.45, 7) is 1.62. The zero-order valence-electron chi connectivity index (χ0n) is 22.1. The van der Waals surface area contributed by atoms with Crippen molar-refractivity contribution in [3.63, 3.8) is 0 Å². The highest BCUT2D eigenvalue weighted by atomic mass is 32.2. The van der Waals surface area contributed by atoms with Gasteiger partial charge in [-0.1, -0.05) is 66.8 Å². The second-order valence-electron chi connectivity index (χ2n) is 9.72. The number of amides is 2. The molecule has 208 valence electrons. The summed E-state index contributed by atoms with van der Waals surface area (Å²) in [5.41, 5.74) is 4.92. The lowest BCUT2D eigenvalue weighted by atomic mass is 9.94. The van der Waals surface area contributed by atoms with E-state index in [2.05, 4.69) is 27.2 Å². The number of aryl methyl sites for hydroxylation is 1. The summed E-state index contributed by atoms with van der Waals surface area (Å²) in [6.07, 6.45) is 8.51. The molecule has 9 heteroatoms. The van der Waals surface area contributed by atoms with Gasteiger partial charge in [0.1, 0.15) is 11.6 Å². The Bertz CT molecular complexity index is 1750. The maximum Gasteiger partial charge on any atom is 0.329 e. The van der Waals surface area contributed by atoms with Crippen LogP contribution < -0.4 is 10.0 Å². The Morgan fingerprint density at radius 3 is 2.34 bits per heavy atom. The van der Waals surface area contributed by atoms with Gasteiger partial charge in [-0.25, -0.2) is 26.7 Å². The minimum absolute atomic E-state index is 0.0370. The quantitative estimate of drug-likeness (QED) is 0.248. The van der Waals surface area contributed by atoms with Crippen molar-refractivity contribution in [2.45, 2.75) is 30.7 Å². The third-order valence-corrected chi connectivity index (χ3v) is 8.28. The summed E-state index contributed by atoms with van der Waals surface area (Å²) in [5, 5.41) is 2.68. The molecule has 0 bridgehead atoms. The Morgan fingerprint density at radius 2 is 1.66 bits per heavy atom. The van der Waals surface area contributed by atoms with Crippen LogP contribution in [0.3, 0.4) is 0 Å². The highest BCUT2D eigenvalue weighted by Crippen LogP contribution is 2.31. The predicted octanol–water partition coefficient (Wildman–Crippen LogP) is 6.65. The topological polar surface area (TPSA) is 88.2 Å². The van der Waals surface area contributed by atoms with Gasteiger partial charge < -0.3 is 5.32 Å². The highest BCUT2D eigenvalue weighted by Gasteiger charge is 2.25. The first-order chi connectivity index (χ1) is 19.7. The molecule has 4 aromatic rings. The largest absolute Gasteiger partial charge is 0.329 e. The van der Waals surface area contributed by atoms with Crippen LogP contribution in [0.1, 0.15) is 34.8 Å². The van der Waals surface area contributed by atoms with Crippen LogP contribution in [-0.2, 0) is 16.4 Å². The SMILES string of the molecule is Cc1ccccc1S(=O)(=O)NC(=O)N[C@@H](Cc1cc(F)cc(F)c1)c1ncccc1-c1ccc(C2=CC=CC2)cc1. The molecule has 0 unspecified atom stereocenters. The van der Waals surface area contributed by atoms with Crippen LogP contribution in [0.4, 0.5) is 13.6 Å². The number of hydrogen-bond donors (Lipinski definition) is 2. The van der Waals surface area contributed by atoms with Crippen molar-refractivity contribution in [2.24, 2.45) is 0 Å². The Hall–Kier alpha value is -4.63. The van der Waals surface area contributed by atoms with E-state index in [1.807, 2.05) is 36.4 Å². The Labute approximate surface area is 237 Å². The van der Waals surface area contributed by atoms with Gasteiger partial charge in [-0.2, -0.15) is 0 Å². The van der Waals surface area contributed by atoms with E-state index < -0.39 is 33.7 Å². The van der Waals surface area contributed by atoms with Crippen LogP contribution in [0.25, 0.3) is 16.7 Å². The van der Waals surface area contributed by atoms with Gasteiger partial charge in [-0.05, 0) is 71.9 Å². The molecule has 41 heavy (non-hydrogen) atoms. The number of urea groups is 1. The monoisotopic (exact) mass is 571 g/mol. The summed E-state index contributed by atoms with van der Waals surface area (Å²) >= 11 is 0. The number of nitrogens with zero attached hydrogens (tertiary/aromatic N) is 1. The molecule has 1 aliphatic carbocycles. The fraction of sp³-hybridized carbons (Fsp3) is 0.125. The third kappa shape index (κ3) is 6.58. The van der Waals surface area contributed by atoms with E-state index in [4.69, 9.17) is 0 Å². The van der Waals surface area contributed by atoms with E-state index in [0.717, 1.165) is 23.6 Å². The molecule has 0 aliphatic heterocycles. The lowest BCUT2D eigenvalue weighted by Gasteiger charge is -2.22. The third-order valence-electron chi connectivity index (χ3n) is 6.78. The number of rotatable bonds is 8. The molecule has 1 atom stereocenters. The number of aromatic nitrogens is 1. The molecule has 0 radical (unpaired) electrons. The van der Waals surface area contributed by atoms with Crippen LogP contribution in [-0.4, -0.2) is 19.4 Å². The van der Waals surface area contributed by atoms with E-state index in [-0.39, 0.29) is 16.9 Å². The molecule has 3 aromatic carbocycles. The van der Waals surface area contributed by atoms with Gasteiger partial charge >= 0.3 is 6.03 Å². The van der Waals surface area contributed by atoms with Crippen molar-refractivity contribution < 1.29 is 22.0 Å². The lowest BCUT2D eigenvalue weighted by molar-refractivity contribution is 0.242. The minimum Gasteiger partial charge on any atom is -0.329 e. The van der Waals surface area contributed by atoms with Gasteiger partial charge in [0.2, 0.25) is 0 Å². The van der Waals surface area contributed by atoms with Crippen LogP contribution in [0.2, 0.25) is 0 Å². The molecular formula is C32H27F2N3O3S. The fourth-order valence-electron chi connectivity index (χ4n) is 4.87. The van der Waals surface area contributed by atoms with Gasteiger partial charge in [-0.3, -0.25) is 4.98 Å².